The van der Waals surface area contributed by atoms with Crippen LogP contribution in [0.4, 0.5) is 5.69 Å². The zero-order valence-electron chi connectivity index (χ0n) is 14.9. The number of methoxy groups -OCH3 is 1. The molecule has 1 heterocycles. The number of halogens is 1. The van der Waals surface area contributed by atoms with Crippen molar-refractivity contribution in [1.82, 2.24) is 0 Å². The van der Waals surface area contributed by atoms with Gasteiger partial charge in [-0.15, -0.1) is 0 Å². The molecule has 0 aromatic heterocycles. The van der Waals surface area contributed by atoms with E-state index in [4.69, 9.17) is 21.1 Å². The molecule has 4 rings (SSSR count). The quantitative estimate of drug-likeness (QED) is 0.777. The van der Waals surface area contributed by atoms with Gasteiger partial charge in [-0.2, -0.15) is 0 Å². The van der Waals surface area contributed by atoms with Gasteiger partial charge in [0.15, 0.2) is 6.10 Å². The summed E-state index contributed by atoms with van der Waals surface area (Å²) < 4.78 is 11.2. The third-order valence-corrected chi connectivity index (χ3v) is 5.51. The number of hydrogen-bond donors (Lipinski definition) is 0. The molecule has 0 spiro atoms. The fourth-order valence-electron chi connectivity index (χ4n) is 3.61. The largest absolute Gasteiger partial charge is 0.497 e. The van der Waals surface area contributed by atoms with Crippen molar-refractivity contribution in [2.24, 2.45) is 5.92 Å². The van der Waals surface area contributed by atoms with Gasteiger partial charge in [0.1, 0.15) is 11.5 Å². The van der Waals surface area contributed by atoms with Gasteiger partial charge in [0.05, 0.1) is 7.11 Å². The number of nitrogens with zero attached hydrogens (tertiary/aromatic N) is 1. The van der Waals surface area contributed by atoms with Crippen molar-refractivity contribution >= 4 is 23.2 Å². The van der Waals surface area contributed by atoms with Crippen molar-refractivity contribution in [2.75, 3.05) is 12.0 Å². The number of fused-ring (bicyclic) bond motifs is 1. The van der Waals surface area contributed by atoms with Gasteiger partial charge in [-0.3, -0.25) is 4.79 Å². The van der Waals surface area contributed by atoms with E-state index >= 15 is 0 Å². The highest BCUT2D eigenvalue weighted by Gasteiger charge is 2.40. The minimum Gasteiger partial charge on any atom is -0.497 e. The molecule has 0 radical (unpaired) electrons. The van der Waals surface area contributed by atoms with Crippen molar-refractivity contribution in [1.29, 1.82) is 0 Å². The average Bonchev–Trinajstić information content (AvgIpc) is 3.42. The molecule has 1 aliphatic heterocycles. The van der Waals surface area contributed by atoms with E-state index < -0.39 is 6.10 Å². The summed E-state index contributed by atoms with van der Waals surface area (Å²) in [4.78, 5) is 15.3. The first-order valence-electron chi connectivity index (χ1n) is 8.99. The van der Waals surface area contributed by atoms with Crippen LogP contribution < -0.4 is 14.4 Å². The molecular formula is C21H22ClNO3. The van der Waals surface area contributed by atoms with Gasteiger partial charge in [0, 0.05) is 23.2 Å². The lowest BCUT2D eigenvalue weighted by atomic mass is 10.1. The summed E-state index contributed by atoms with van der Waals surface area (Å²) in [5.74, 6) is 2.09. The maximum absolute atomic E-state index is 13.4. The fraction of sp³-hybridized carbons (Fsp3) is 0.381. The highest BCUT2D eigenvalue weighted by Crippen LogP contribution is 2.39. The molecule has 1 saturated carbocycles. The van der Waals surface area contributed by atoms with E-state index in [1.54, 1.807) is 13.2 Å². The second-order valence-electron chi connectivity index (χ2n) is 7.05. The Hall–Kier alpha value is -2.20. The molecule has 0 bridgehead atoms. The molecule has 2 aromatic carbocycles. The number of hydrogen-bond acceptors (Lipinski definition) is 3. The maximum atomic E-state index is 13.4. The molecule has 0 N–H and O–H groups in total. The van der Waals surface area contributed by atoms with Crippen LogP contribution in [-0.4, -0.2) is 25.2 Å². The monoisotopic (exact) mass is 371 g/mol. The Morgan fingerprint density at radius 3 is 2.62 bits per heavy atom. The Bertz CT molecular complexity index is 817. The van der Waals surface area contributed by atoms with Crippen LogP contribution in [-0.2, 0) is 11.2 Å². The van der Waals surface area contributed by atoms with E-state index in [1.165, 1.54) is 12.8 Å². The van der Waals surface area contributed by atoms with Gasteiger partial charge in [-0.1, -0.05) is 11.6 Å². The first kappa shape index (κ1) is 17.2. The number of carbonyl (C=O) groups is 1. The third-order valence-electron chi connectivity index (χ3n) is 5.27. The second kappa shape index (κ2) is 6.84. The molecule has 2 aliphatic rings. The number of benzene rings is 2. The van der Waals surface area contributed by atoms with Crippen LogP contribution in [0.25, 0.3) is 0 Å². The highest BCUT2D eigenvalue weighted by molar-refractivity contribution is 6.30. The number of amides is 1. The summed E-state index contributed by atoms with van der Waals surface area (Å²) in [6, 6.07) is 13.3. The van der Waals surface area contributed by atoms with Crippen molar-refractivity contribution in [3.63, 3.8) is 0 Å². The Balaban J connectivity index is 1.60. The number of ether oxygens (including phenoxy) is 2. The molecule has 4 nitrogen and oxygen atoms in total. The van der Waals surface area contributed by atoms with E-state index in [0.29, 0.717) is 17.4 Å². The predicted octanol–water partition coefficient (Wildman–Crippen LogP) is 4.48. The standard InChI is InChI=1S/C21H22ClNO3/c1-13(14-3-4-14)23(17-6-8-18(25-2)9-7-17)21(24)20-12-15-11-16(22)5-10-19(15)26-20/h5-11,13-14,20H,3-4,12H2,1-2H3/t13-,20-/m1/s1. The van der Waals surface area contributed by atoms with E-state index in [0.717, 1.165) is 22.7 Å². The summed E-state index contributed by atoms with van der Waals surface area (Å²) in [5, 5.41) is 0.666. The maximum Gasteiger partial charge on any atom is 0.268 e. The molecule has 2 atom stereocenters. The van der Waals surface area contributed by atoms with Crippen LogP contribution in [0.15, 0.2) is 42.5 Å². The van der Waals surface area contributed by atoms with Crippen molar-refractivity contribution in [2.45, 2.75) is 38.3 Å². The first-order valence-corrected chi connectivity index (χ1v) is 9.37. The third kappa shape index (κ3) is 3.26. The molecular weight excluding hydrogens is 350 g/mol. The van der Waals surface area contributed by atoms with Gasteiger partial charge in [-0.05, 0) is 73.7 Å². The second-order valence-corrected chi connectivity index (χ2v) is 7.48. The van der Waals surface area contributed by atoms with E-state index in [9.17, 15) is 4.79 Å². The summed E-state index contributed by atoms with van der Waals surface area (Å²) in [5.41, 5.74) is 1.87. The van der Waals surface area contributed by atoms with Crippen LogP contribution in [0.2, 0.25) is 5.02 Å². The smallest absolute Gasteiger partial charge is 0.268 e. The number of rotatable bonds is 5. The van der Waals surface area contributed by atoms with E-state index in [-0.39, 0.29) is 11.9 Å². The summed E-state index contributed by atoms with van der Waals surface area (Å²) in [6.45, 7) is 2.12. The first-order chi connectivity index (χ1) is 12.6. The molecule has 26 heavy (non-hydrogen) atoms. The summed E-state index contributed by atoms with van der Waals surface area (Å²) in [7, 11) is 1.64. The summed E-state index contributed by atoms with van der Waals surface area (Å²) >= 11 is 6.08. The zero-order valence-corrected chi connectivity index (χ0v) is 15.7. The van der Waals surface area contributed by atoms with Crippen LogP contribution in [0, 0.1) is 5.92 Å². The molecule has 5 heteroatoms. The Morgan fingerprint density at radius 2 is 1.96 bits per heavy atom. The van der Waals surface area contributed by atoms with Crippen LogP contribution in [0.5, 0.6) is 11.5 Å². The van der Waals surface area contributed by atoms with Crippen molar-refractivity contribution in [3.8, 4) is 11.5 Å². The molecule has 1 amide bonds. The fourth-order valence-corrected chi connectivity index (χ4v) is 3.80. The van der Waals surface area contributed by atoms with Gasteiger partial charge >= 0.3 is 0 Å². The normalized spacial score (nSPS) is 19.4. The molecule has 1 aliphatic carbocycles. The SMILES string of the molecule is COc1ccc(N(C(=O)[C@H]2Cc3cc(Cl)ccc3O2)[C@H](C)C2CC2)cc1. The lowest BCUT2D eigenvalue weighted by Gasteiger charge is -2.31. The minimum absolute atomic E-state index is 0.00175. The zero-order chi connectivity index (χ0) is 18.3. The molecule has 0 unspecified atom stereocenters. The Morgan fingerprint density at radius 1 is 1.23 bits per heavy atom. The van der Waals surface area contributed by atoms with Crippen LogP contribution in [0.3, 0.4) is 0 Å². The summed E-state index contributed by atoms with van der Waals surface area (Å²) in [6.07, 6.45) is 2.38. The van der Waals surface area contributed by atoms with Crippen LogP contribution in [0.1, 0.15) is 25.3 Å². The molecule has 0 saturated heterocycles. The number of anilines is 1. The van der Waals surface area contributed by atoms with Gasteiger partial charge in [0.2, 0.25) is 0 Å². The molecule has 136 valence electrons. The van der Waals surface area contributed by atoms with E-state index in [2.05, 4.69) is 6.92 Å². The lowest BCUT2D eigenvalue weighted by molar-refractivity contribution is -0.125. The van der Waals surface area contributed by atoms with Gasteiger partial charge in [0.25, 0.3) is 5.91 Å². The molecule has 2 aromatic rings. The Kier molecular flexibility index (Phi) is 4.53. The van der Waals surface area contributed by atoms with Crippen LogP contribution >= 0.6 is 11.6 Å². The topological polar surface area (TPSA) is 38.8 Å². The van der Waals surface area contributed by atoms with E-state index in [1.807, 2.05) is 41.3 Å². The lowest BCUT2D eigenvalue weighted by Crippen LogP contribution is -2.47. The Labute approximate surface area is 158 Å². The van der Waals surface area contributed by atoms with Crippen molar-refractivity contribution < 1.29 is 14.3 Å². The minimum atomic E-state index is -0.508. The highest BCUT2D eigenvalue weighted by atomic mass is 35.5. The average molecular weight is 372 g/mol. The van der Waals surface area contributed by atoms with Gasteiger partial charge < -0.3 is 14.4 Å². The number of carbonyl (C=O) groups excluding carboxylic acids is 1. The molecule has 1 fully saturated rings. The predicted molar refractivity (Wildman–Crippen MR) is 102 cm³/mol. The van der Waals surface area contributed by atoms with Gasteiger partial charge in [-0.25, -0.2) is 0 Å². The van der Waals surface area contributed by atoms with Crippen molar-refractivity contribution in [3.05, 3.63) is 53.1 Å².